The summed E-state index contributed by atoms with van der Waals surface area (Å²) in [5, 5.41) is 1.53. The van der Waals surface area contributed by atoms with Crippen molar-refractivity contribution in [2.45, 2.75) is 25.1 Å². The molecule has 2 fully saturated rings. The molecule has 10 heteroatoms. The molecular formula is C18H19ClF3N3O2S. The number of hydrogen-bond donors (Lipinski definition) is 1. The van der Waals surface area contributed by atoms with Gasteiger partial charge in [-0.3, -0.25) is 14.9 Å². The van der Waals surface area contributed by atoms with Gasteiger partial charge in [0.15, 0.2) is 0 Å². The van der Waals surface area contributed by atoms with E-state index >= 15 is 0 Å². The number of amides is 2. The van der Waals surface area contributed by atoms with Gasteiger partial charge >= 0.3 is 6.18 Å². The van der Waals surface area contributed by atoms with Crippen molar-refractivity contribution >= 4 is 46.3 Å². The molecule has 1 aromatic carbocycles. The van der Waals surface area contributed by atoms with Crippen LogP contribution in [0.1, 0.15) is 24.0 Å². The van der Waals surface area contributed by atoms with Gasteiger partial charge in [0.2, 0.25) is 0 Å². The molecule has 2 heterocycles. The first-order valence-electron chi connectivity index (χ1n) is 8.63. The van der Waals surface area contributed by atoms with Gasteiger partial charge in [-0.2, -0.15) is 13.2 Å². The second-order valence-electron chi connectivity index (χ2n) is 6.93. The van der Waals surface area contributed by atoms with E-state index in [9.17, 15) is 22.8 Å². The third-order valence-corrected chi connectivity index (χ3v) is 5.96. The number of anilines is 1. The van der Waals surface area contributed by atoms with Gasteiger partial charge in [-0.15, -0.1) is 0 Å². The second-order valence-corrected chi connectivity index (χ2v) is 8.35. The predicted molar refractivity (Wildman–Crippen MR) is 104 cm³/mol. The number of nitrogens with zero attached hydrogens (tertiary/aromatic N) is 2. The minimum Gasteiger partial charge on any atom is -0.370 e. The summed E-state index contributed by atoms with van der Waals surface area (Å²) in [6, 6.07) is 2.27. The molecule has 28 heavy (non-hydrogen) atoms. The average Bonchev–Trinajstić information content (AvgIpc) is 2.91. The summed E-state index contributed by atoms with van der Waals surface area (Å²) in [4.78, 5) is 27.4. The zero-order chi connectivity index (χ0) is 20.6. The Labute approximate surface area is 169 Å². The van der Waals surface area contributed by atoms with E-state index in [4.69, 9.17) is 11.6 Å². The Kier molecular flexibility index (Phi) is 5.97. The van der Waals surface area contributed by atoms with Gasteiger partial charge in [0.1, 0.15) is 0 Å². The molecule has 0 aliphatic carbocycles. The van der Waals surface area contributed by atoms with Crippen molar-refractivity contribution in [2.24, 2.45) is 0 Å². The van der Waals surface area contributed by atoms with Crippen LogP contribution in [0.3, 0.4) is 0 Å². The van der Waals surface area contributed by atoms with Crippen LogP contribution in [0.25, 0.3) is 6.08 Å². The molecule has 2 aliphatic heterocycles. The molecule has 3 rings (SSSR count). The first-order chi connectivity index (χ1) is 13.1. The van der Waals surface area contributed by atoms with Gasteiger partial charge in [-0.25, -0.2) is 0 Å². The van der Waals surface area contributed by atoms with E-state index in [1.807, 2.05) is 19.0 Å². The molecule has 0 atom stereocenters. The fourth-order valence-electron chi connectivity index (χ4n) is 3.40. The van der Waals surface area contributed by atoms with E-state index in [1.54, 1.807) is 0 Å². The zero-order valence-electron chi connectivity index (χ0n) is 15.3. The molecule has 0 radical (unpaired) electrons. The first kappa shape index (κ1) is 21.0. The Hall–Kier alpha value is -1.71. The van der Waals surface area contributed by atoms with E-state index in [0.717, 1.165) is 25.0 Å². The van der Waals surface area contributed by atoms with Gasteiger partial charge in [-0.05, 0) is 56.9 Å². The van der Waals surface area contributed by atoms with Crippen molar-refractivity contribution in [3.05, 3.63) is 33.2 Å². The highest BCUT2D eigenvalue weighted by Crippen LogP contribution is 2.41. The average molecular weight is 434 g/mol. The molecule has 1 N–H and O–H groups in total. The van der Waals surface area contributed by atoms with Crippen molar-refractivity contribution in [1.82, 2.24) is 10.2 Å². The number of rotatable bonds is 3. The van der Waals surface area contributed by atoms with Gasteiger partial charge < -0.3 is 9.80 Å². The van der Waals surface area contributed by atoms with Crippen molar-refractivity contribution in [1.29, 1.82) is 0 Å². The molecule has 0 unspecified atom stereocenters. The van der Waals surface area contributed by atoms with Crippen molar-refractivity contribution in [3.63, 3.8) is 0 Å². The molecule has 2 amide bonds. The van der Waals surface area contributed by atoms with Crippen LogP contribution in [-0.4, -0.2) is 49.3 Å². The summed E-state index contributed by atoms with van der Waals surface area (Å²) in [5.74, 6) is -0.624. The molecule has 1 aromatic rings. The van der Waals surface area contributed by atoms with E-state index < -0.39 is 22.9 Å². The minimum absolute atomic E-state index is 0.0280. The van der Waals surface area contributed by atoms with Crippen LogP contribution in [0, 0.1) is 0 Å². The van der Waals surface area contributed by atoms with Crippen LogP contribution in [0.4, 0.5) is 23.7 Å². The van der Waals surface area contributed by atoms with Crippen LogP contribution in [0.2, 0.25) is 5.02 Å². The molecule has 2 saturated heterocycles. The summed E-state index contributed by atoms with van der Waals surface area (Å²) in [7, 11) is 3.99. The molecule has 0 saturated carbocycles. The fourth-order valence-corrected chi connectivity index (χ4v) is 4.42. The Morgan fingerprint density at radius 1 is 1.25 bits per heavy atom. The monoisotopic (exact) mass is 433 g/mol. The summed E-state index contributed by atoms with van der Waals surface area (Å²) in [5.41, 5.74) is -0.270. The van der Waals surface area contributed by atoms with E-state index in [2.05, 4.69) is 10.2 Å². The topological polar surface area (TPSA) is 52.6 Å². The van der Waals surface area contributed by atoms with Gasteiger partial charge in [0.25, 0.3) is 11.1 Å². The fraction of sp³-hybridized carbons (Fsp3) is 0.444. The van der Waals surface area contributed by atoms with Crippen molar-refractivity contribution < 1.29 is 22.8 Å². The largest absolute Gasteiger partial charge is 0.416 e. The Bertz CT molecular complexity index is 834. The lowest BCUT2D eigenvalue weighted by molar-refractivity contribution is -0.137. The number of alkyl halides is 3. The van der Waals surface area contributed by atoms with Crippen molar-refractivity contribution in [2.75, 3.05) is 32.1 Å². The Morgan fingerprint density at radius 2 is 1.89 bits per heavy atom. The standard InChI is InChI=1S/C18H19ClF3N3O2S/c1-24(2)12-3-5-25(6-4-12)15-10(8-14-16(26)23-17(27)28-14)7-11(9-13(15)19)18(20,21)22/h7-9,12H,3-6H2,1-2H3,(H,23,26,27)/b14-8+. The summed E-state index contributed by atoms with van der Waals surface area (Å²) in [6.45, 7) is 1.25. The van der Waals surface area contributed by atoms with Gasteiger partial charge in [0.05, 0.1) is 21.2 Å². The molecule has 5 nitrogen and oxygen atoms in total. The SMILES string of the molecule is CN(C)C1CCN(c2c(Cl)cc(C(F)(F)F)cc2/C=C2/SC(=O)NC2=O)CC1. The number of imide groups is 1. The quantitative estimate of drug-likeness (QED) is 0.723. The van der Waals surface area contributed by atoms with E-state index in [0.29, 0.717) is 36.6 Å². The smallest absolute Gasteiger partial charge is 0.370 e. The Morgan fingerprint density at radius 3 is 2.39 bits per heavy atom. The lowest BCUT2D eigenvalue weighted by Crippen LogP contribution is -2.42. The zero-order valence-corrected chi connectivity index (χ0v) is 16.8. The molecule has 2 aliphatic rings. The maximum atomic E-state index is 13.3. The number of carbonyl (C=O) groups excluding carboxylic acids is 2. The number of piperidine rings is 1. The van der Waals surface area contributed by atoms with E-state index in [1.165, 1.54) is 6.08 Å². The molecule has 0 aromatic heterocycles. The lowest BCUT2D eigenvalue weighted by Gasteiger charge is -2.37. The third-order valence-electron chi connectivity index (χ3n) is 4.86. The van der Waals surface area contributed by atoms with Gasteiger partial charge in [-0.1, -0.05) is 11.6 Å². The number of halogens is 4. The van der Waals surface area contributed by atoms with Crippen LogP contribution < -0.4 is 10.2 Å². The van der Waals surface area contributed by atoms with Crippen LogP contribution in [0.5, 0.6) is 0 Å². The van der Waals surface area contributed by atoms with Crippen molar-refractivity contribution in [3.8, 4) is 0 Å². The maximum Gasteiger partial charge on any atom is 0.416 e. The minimum atomic E-state index is -4.58. The number of carbonyl (C=O) groups is 2. The van der Waals surface area contributed by atoms with Gasteiger partial charge in [0, 0.05) is 24.7 Å². The number of benzene rings is 1. The highest BCUT2D eigenvalue weighted by Gasteiger charge is 2.34. The molecule has 0 bridgehead atoms. The number of thioether (sulfide) groups is 1. The Balaban J connectivity index is 2.03. The van der Waals surface area contributed by atoms with Crippen LogP contribution in [0.15, 0.2) is 17.0 Å². The maximum absolute atomic E-state index is 13.3. The summed E-state index contributed by atoms with van der Waals surface area (Å²) >= 11 is 6.93. The van der Waals surface area contributed by atoms with E-state index in [-0.39, 0.29) is 15.5 Å². The summed E-state index contributed by atoms with van der Waals surface area (Å²) in [6.07, 6.45) is -1.59. The predicted octanol–water partition coefficient (Wildman–Crippen LogP) is 4.21. The normalized spacial score (nSPS) is 20.4. The third kappa shape index (κ3) is 4.47. The second kappa shape index (κ2) is 7.96. The highest BCUT2D eigenvalue weighted by molar-refractivity contribution is 8.18. The number of hydrogen-bond acceptors (Lipinski definition) is 5. The molecule has 152 valence electrons. The highest BCUT2D eigenvalue weighted by atomic mass is 35.5. The molecular weight excluding hydrogens is 415 g/mol. The summed E-state index contributed by atoms with van der Waals surface area (Å²) < 4.78 is 39.8. The molecule has 0 spiro atoms. The van der Waals surface area contributed by atoms with Crippen LogP contribution in [-0.2, 0) is 11.0 Å². The number of nitrogens with one attached hydrogen (secondary N) is 1. The first-order valence-corrected chi connectivity index (χ1v) is 9.82. The van der Waals surface area contributed by atoms with Crippen LogP contribution >= 0.6 is 23.4 Å². The lowest BCUT2D eigenvalue weighted by atomic mass is 10.0.